The number of likely N-dealkylation sites (tertiary alicyclic amines) is 1. The van der Waals surface area contributed by atoms with E-state index in [1.807, 2.05) is 26.0 Å². The van der Waals surface area contributed by atoms with Crippen molar-refractivity contribution in [1.29, 1.82) is 0 Å². The van der Waals surface area contributed by atoms with Crippen LogP contribution in [0.25, 0.3) is 0 Å². The van der Waals surface area contributed by atoms with Gasteiger partial charge in [0.25, 0.3) is 5.91 Å². The van der Waals surface area contributed by atoms with E-state index in [2.05, 4.69) is 5.43 Å². The fourth-order valence-electron chi connectivity index (χ4n) is 2.66. The molecule has 1 aliphatic heterocycles. The predicted molar refractivity (Wildman–Crippen MR) is 83.2 cm³/mol. The van der Waals surface area contributed by atoms with Gasteiger partial charge in [-0.25, -0.2) is 5.84 Å². The number of nitrogens with zero attached hydrogens (tertiary/aromatic N) is 1. The lowest BCUT2D eigenvalue weighted by Gasteiger charge is -2.32. The highest BCUT2D eigenvalue weighted by atomic mass is 16.5. The van der Waals surface area contributed by atoms with E-state index in [9.17, 15) is 9.59 Å². The van der Waals surface area contributed by atoms with Crippen molar-refractivity contribution in [2.45, 2.75) is 32.8 Å². The Labute approximate surface area is 130 Å². The van der Waals surface area contributed by atoms with Crippen LogP contribution in [-0.2, 0) is 4.79 Å². The summed E-state index contributed by atoms with van der Waals surface area (Å²) >= 11 is 0. The van der Waals surface area contributed by atoms with Gasteiger partial charge in [0, 0.05) is 13.1 Å². The van der Waals surface area contributed by atoms with Crippen LogP contribution in [0.1, 0.15) is 37.0 Å². The van der Waals surface area contributed by atoms with Gasteiger partial charge >= 0.3 is 0 Å². The normalized spacial score (nSPS) is 18.2. The fourth-order valence-corrected chi connectivity index (χ4v) is 2.66. The van der Waals surface area contributed by atoms with E-state index in [1.54, 1.807) is 17.0 Å². The van der Waals surface area contributed by atoms with Crippen molar-refractivity contribution in [1.82, 2.24) is 10.3 Å². The molecule has 1 aromatic rings. The first-order valence-corrected chi connectivity index (χ1v) is 7.58. The van der Waals surface area contributed by atoms with Crippen LogP contribution in [0.15, 0.2) is 24.3 Å². The number of ether oxygens (including phenoxy) is 1. The van der Waals surface area contributed by atoms with Gasteiger partial charge < -0.3 is 9.64 Å². The molecule has 1 aromatic carbocycles. The maximum atomic E-state index is 12.7. The number of amides is 2. The van der Waals surface area contributed by atoms with Crippen molar-refractivity contribution < 1.29 is 14.3 Å². The highest BCUT2D eigenvalue weighted by Gasteiger charge is 2.29. The van der Waals surface area contributed by atoms with Gasteiger partial charge in [0.1, 0.15) is 5.75 Å². The van der Waals surface area contributed by atoms with Gasteiger partial charge in [0.05, 0.1) is 17.6 Å². The summed E-state index contributed by atoms with van der Waals surface area (Å²) in [5.74, 6) is 5.19. The third-order valence-corrected chi connectivity index (χ3v) is 3.70. The Morgan fingerprint density at radius 2 is 2.09 bits per heavy atom. The molecule has 1 fully saturated rings. The first-order valence-electron chi connectivity index (χ1n) is 7.58. The second kappa shape index (κ2) is 7.26. The molecule has 1 atom stereocenters. The van der Waals surface area contributed by atoms with Crippen molar-refractivity contribution in [2.24, 2.45) is 11.8 Å². The Bertz CT molecular complexity index is 545. The first-order chi connectivity index (χ1) is 10.5. The molecule has 6 nitrogen and oxygen atoms in total. The van der Waals surface area contributed by atoms with Crippen molar-refractivity contribution in [3.05, 3.63) is 29.8 Å². The number of para-hydroxylation sites is 1. The quantitative estimate of drug-likeness (QED) is 0.499. The van der Waals surface area contributed by atoms with Crippen LogP contribution < -0.4 is 16.0 Å². The number of carbonyl (C=O) groups excluding carboxylic acids is 2. The maximum Gasteiger partial charge on any atom is 0.257 e. The fraction of sp³-hybridized carbons (Fsp3) is 0.500. The van der Waals surface area contributed by atoms with Gasteiger partial charge in [-0.15, -0.1) is 0 Å². The van der Waals surface area contributed by atoms with Crippen LogP contribution in [0.3, 0.4) is 0 Å². The maximum absolute atomic E-state index is 12.7. The molecule has 0 spiro atoms. The molecule has 0 aromatic heterocycles. The number of carbonyl (C=O) groups is 2. The van der Waals surface area contributed by atoms with E-state index in [4.69, 9.17) is 10.6 Å². The summed E-state index contributed by atoms with van der Waals surface area (Å²) in [4.78, 5) is 26.1. The lowest BCUT2D eigenvalue weighted by Crippen LogP contribution is -2.47. The van der Waals surface area contributed by atoms with Crippen molar-refractivity contribution in [2.75, 3.05) is 13.1 Å². The standard InChI is InChI=1S/C16H23N3O3/c1-11(2)22-14-8-4-3-7-13(14)16(21)19-9-5-6-12(10-19)15(20)18-17/h3-4,7-8,11-12H,5-6,9-10,17H2,1-2H3,(H,18,20). The molecule has 3 N–H and O–H groups in total. The van der Waals surface area contributed by atoms with Gasteiger partial charge in [0.2, 0.25) is 5.91 Å². The summed E-state index contributed by atoms with van der Waals surface area (Å²) < 4.78 is 5.71. The number of nitrogens with two attached hydrogens (primary N) is 1. The lowest BCUT2D eigenvalue weighted by molar-refractivity contribution is -0.126. The minimum Gasteiger partial charge on any atom is -0.490 e. The molecule has 1 heterocycles. The third kappa shape index (κ3) is 3.76. The predicted octanol–water partition coefficient (Wildman–Crippen LogP) is 1.32. The molecule has 0 radical (unpaired) electrons. The number of hydrazine groups is 1. The minimum atomic E-state index is -0.249. The molecule has 0 bridgehead atoms. The highest BCUT2D eigenvalue weighted by molar-refractivity contribution is 5.97. The first kappa shape index (κ1) is 16.3. The monoisotopic (exact) mass is 305 g/mol. The van der Waals surface area contributed by atoms with Crippen molar-refractivity contribution in [3.8, 4) is 5.75 Å². The van der Waals surface area contributed by atoms with Crippen LogP contribution in [0.4, 0.5) is 0 Å². The highest BCUT2D eigenvalue weighted by Crippen LogP contribution is 2.24. The summed E-state index contributed by atoms with van der Waals surface area (Å²) in [5.41, 5.74) is 2.70. The number of rotatable bonds is 4. The minimum absolute atomic E-state index is 0.00827. The molecule has 2 amide bonds. The zero-order valence-electron chi connectivity index (χ0n) is 13.0. The summed E-state index contributed by atoms with van der Waals surface area (Å²) in [5, 5.41) is 0. The molecule has 1 saturated heterocycles. The Balaban J connectivity index is 2.16. The smallest absolute Gasteiger partial charge is 0.257 e. The molecule has 0 saturated carbocycles. The van der Waals surface area contributed by atoms with E-state index < -0.39 is 0 Å². The number of hydrogen-bond acceptors (Lipinski definition) is 4. The third-order valence-electron chi connectivity index (χ3n) is 3.70. The van der Waals surface area contributed by atoms with E-state index in [0.717, 1.165) is 12.8 Å². The van der Waals surface area contributed by atoms with Gasteiger partial charge in [-0.2, -0.15) is 0 Å². The van der Waals surface area contributed by atoms with Gasteiger partial charge in [-0.1, -0.05) is 12.1 Å². The number of nitrogens with one attached hydrogen (secondary N) is 1. The van der Waals surface area contributed by atoms with Crippen LogP contribution >= 0.6 is 0 Å². The Hall–Kier alpha value is -2.08. The molecular formula is C16H23N3O3. The van der Waals surface area contributed by atoms with E-state index in [-0.39, 0.29) is 23.8 Å². The average Bonchev–Trinajstić information content (AvgIpc) is 2.53. The van der Waals surface area contributed by atoms with E-state index >= 15 is 0 Å². The Morgan fingerprint density at radius 1 is 1.36 bits per heavy atom. The summed E-state index contributed by atoms with van der Waals surface area (Å²) in [7, 11) is 0. The van der Waals surface area contributed by atoms with Crippen molar-refractivity contribution >= 4 is 11.8 Å². The van der Waals surface area contributed by atoms with Crippen LogP contribution in [0.5, 0.6) is 5.75 Å². The number of benzene rings is 1. The molecule has 1 aliphatic rings. The zero-order valence-corrected chi connectivity index (χ0v) is 13.0. The molecule has 120 valence electrons. The Morgan fingerprint density at radius 3 is 2.77 bits per heavy atom. The number of hydrogen-bond donors (Lipinski definition) is 2. The zero-order chi connectivity index (χ0) is 16.1. The topological polar surface area (TPSA) is 84.7 Å². The molecule has 2 rings (SSSR count). The summed E-state index contributed by atoms with van der Waals surface area (Å²) in [6.07, 6.45) is 1.53. The van der Waals surface area contributed by atoms with E-state index in [0.29, 0.717) is 24.4 Å². The summed E-state index contributed by atoms with van der Waals surface area (Å²) in [6, 6.07) is 7.21. The second-order valence-corrected chi connectivity index (χ2v) is 5.76. The van der Waals surface area contributed by atoms with Gasteiger partial charge in [0.15, 0.2) is 0 Å². The number of piperidine rings is 1. The molecule has 0 aliphatic carbocycles. The SMILES string of the molecule is CC(C)Oc1ccccc1C(=O)N1CCCC(C(=O)NN)C1. The Kier molecular flexibility index (Phi) is 5.38. The van der Waals surface area contributed by atoms with Gasteiger partial charge in [-0.3, -0.25) is 15.0 Å². The van der Waals surface area contributed by atoms with Gasteiger partial charge in [-0.05, 0) is 38.8 Å². The van der Waals surface area contributed by atoms with Crippen molar-refractivity contribution in [3.63, 3.8) is 0 Å². The average molecular weight is 305 g/mol. The van der Waals surface area contributed by atoms with E-state index in [1.165, 1.54) is 0 Å². The lowest BCUT2D eigenvalue weighted by atomic mass is 9.96. The summed E-state index contributed by atoms with van der Waals surface area (Å²) in [6.45, 7) is 4.87. The molecule has 22 heavy (non-hydrogen) atoms. The van der Waals surface area contributed by atoms with Crippen LogP contribution in [0, 0.1) is 5.92 Å². The van der Waals surface area contributed by atoms with Crippen LogP contribution in [0.2, 0.25) is 0 Å². The molecule has 6 heteroatoms. The molecular weight excluding hydrogens is 282 g/mol. The van der Waals surface area contributed by atoms with Crippen LogP contribution in [-0.4, -0.2) is 35.9 Å². The second-order valence-electron chi connectivity index (χ2n) is 5.76. The largest absolute Gasteiger partial charge is 0.490 e. The molecule has 1 unspecified atom stereocenters.